The van der Waals surface area contributed by atoms with E-state index in [2.05, 4.69) is 27.4 Å². The van der Waals surface area contributed by atoms with Gasteiger partial charge in [-0.05, 0) is 24.3 Å². The van der Waals surface area contributed by atoms with Gasteiger partial charge in [-0.15, -0.1) is 16.4 Å². The van der Waals surface area contributed by atoms with Gasteiger partial charge in [-0.3, -0.25) is 4.79 Å². The van der Waals surface area contributed by atoms with Gasteiger partial charge < -0.3 is 11.1 Å². The van der Waals surface area contributed by atoms with E-state index in [1.165, 1.54) is 11.3 Å². The van der Waals surface area contributed by atoms with E-state index in [-0.39, 0.29) is 5.91 Å². The van der Waals surface area contributed by atoms with Gasteiger partial charge in [-0.25, -0.2) is 0 Å². The number of nitrogens with two attached hydrogens (primary N) is 1. The standard InChI is InChI=1S/C12H10N4OS/c13-7-1-3-9-5-6-10(18-9)12(17)15-11-4-2-8-14-16-11/h2,4-6,8H,7,13H2,(H,15,16,17). The minimum absolute atomic E-state index is 0.221. The molecule has 0 atom stereocenters. The lowest BCUT2D eigenvalue weighted by Gasteiger charge is -1.99. The van der Waals surface area contributed by atoms with Crippen LogP contribution in [0.2, 0.25) is 0 Å². The first kappa shape index (κ1) is 12.2. The summed E-state index contributed by atoms with van der Waals surface area (Å²) >= 11 is 1.31. The van der Waals surface area contributed by atoms with Crippen molar-refractivity contribution in [2.75, 3.05) is 11.9 Å². The molecule has 2 rings (SSSR count). The number of nitrogens with one attached hydrogen (secondary N) is 1. The van der Waals surface area contributed by atoms with E-state index in [9.17, 15) is 4.79 Å². The number of carbonyl (C=O) groups excluding carboxylic acids is 1. The molecule has 5 nitrogen and oxygen atoms in total. The fourth-order valence-corrected chi connectivity index (χ4v) is 1.99. The zero-order chi connectivity index (χ0) is 12.8. The van der Waals surface area contributed by atoms with Crippen molar-refractivity contribution in [1.82, 2.24) is 10.2 Å². The van der Waals surface area contributed by atoms with E-state index < -0.39 is 0 Å². The summed E-state index contributed by atoms with van der Waals surface area (Å²) in [5, 5.41) is 10.1. The molecule has 6 heteroatoms. The average molecular weight is 258 g/mol. The Kier molecular flexibility index (Phi) is 4.02. The molecule has 0 aliphatic rings. The smallest absolute Gasteiger partial charge is 0.266 e. The van der Waals surface area contributed by atoms with E-state index in [0.717, 1.165) is 4.88 Å². The highest BCUT2D eigenvalue weighted by molar-refractivity contribution is 7.14. The van der Waals surface area contributed by atoms with Crippen LogP contribution in [0, 0.1) is 11.8 Å². The monoisotopic (exact) mass is 258 g/mol. The summed E-state index contributed by atoms with van der Waals surface area (Å²) in [6.07, 6.45) is 1.54. The van der Waals surface area contributed by atoms with Crippen LogP contribution >= 0.6 is 11.3 Å². The van der Waals surface area contributed by atoms with Crippen molar-refractivity contribution in [3.8, 4) is 11.8 Å². The highest BCUT2D eigenvalue weighted by Gasteiger charge is 2.09. The van der Waals surface area contributed by atoms with Crippen LogP contribution in [-0.4, -0.2) is 22.6 Å². The number of hydrogen-bond donors (Lipinski definition) is 2. The summed E-state index contributed by atoms with van der Waals surface area (Å²) in [6.45, 7) is 0.305. The van der Waals surface area contributed by atoms with Crippen molar-refractivity contribution in [2.24, 2.45) is 5.73 Å². The minimum Gasteiger partial charge on any atom is -0.320 e. The highest BCUT2D eigenvalue weighted by atomic mass is 32.1. The van der Waals surface area contributed by atoms with Crippen molar-refractivity contribution in [3.05, 3.63) is 40.2 Å². The summed E-state index contributed by atoms with van der Waals surface area (Å²) < 4.78 is 0. The Balaban J connectivity index is 2.08. The Labute approximate surface area is 108 Å². The zero-order valence-electron chi connectivity index (χ0n) is 9.38. The summed E-state index contributed by atoms with van der Waals surface area (Å²) in [5.74, 6) is 5.82. The second-order valence-electron chi connectivity index (χ2n) is 3.23. The van der Waals surface area contributed by atoms with Crippen LogP contribution in [0.1, 0.15) is 14.5 Å². The van der Waals surface area contributed by atoms with Crippen molar-refractivity contribution in [2.45, 2.75) is 0 Å². The van der Waals surface area contributed by atoms with E-state index in [0.29, 0.717) is 17.2 Å². The zero-order valence-corrected chi connectivity index (χ0v) is 10.2. The lowest BCUT2D eigenvalue weighted by molar-refractivity contribution is 0.103. The number of carbonyl (C=O) groups is 1. The van der Waals surface area contributed by atoms with E-state index in [4.69, 9.17) is 5.73 Å². The second kappa shape index (κ2) is 5.91. The molecule has 0 bridgehead atoms. The number of nitrogens with zero attached hydrogens (tertiary/aromatic N) is 2. The van der Waals surface area contributed by atoms with Crippen molar-refractivity contribution in [3.63, 3.8) is 0 Å². The molecule has 0 aliphatic heterocycles. The van der Waals surface area contributed by atoms with E-state index in [1.807, 2.05) is 0 Å². The largest absolute Gasteiger partial charge is 0.320 e. The molecule has 0 unspecified atom stereocenters. The van der Waals surface area contributed by atoms with Crippen LogP contribution in [0.5, 0.6) is 0 Å². The Morgan fingerprint density at radius 3 is 3.06 bits per heavy atom. The molecule has 0 saturated carbocycles. The van der Waals surface area contributed by atoms with Gasteiger partial charge in [0.1, 0.15) is 0 Å². The third-order valence-electron chi connectivity index (χ3n) is 1.96. The lowest BCUT2D eigenvalue weighted by Crippen LogP contribution is -2.11. The van der Waals surface area contributed by atoms with Gasteiger partial charge in [0.05, 0.1) is 16.3 Å². The van der Waals surface area contributed by atoms with Crippen molar-refractivity contribution >= 4 is 23.1 Å². The van der Waals surface area contributed by atoms with Crippen LogP contribution in [0.25, 0.3) is 0 Å². The minimum atomic E-state index is -0.221. The molecule has 90 valence electrons. The summed E-state index contributed by atoms with van der Waals surface area (Å²) in [4.78, 5) is 13.2. The third kappa shape index (κ3) is 3.13. The van der Waals surface area contributed by atoms with Crippen LogP contribution in [0.3, 0.4) is 0 Å². The third-order valence-corrected chi connectivity index (χ3v) is 2.96. The van der Waals surface area contributed by atoms with Gasteiger partial charge in [0.2, 0.25) is 0 Å². The number of rotatable bonds is 2. The lowest BCUT2D eigenvalue weighted by atomic mass is 10.4. The average Bonchev–Trinajstić information content (AvgIpc) is 2.86. The molecule has 1 amide bonds. The fourth-order valence-electron chi connectivity index (χ4n) is 1.21. The van der Waals surface area contributed by atoms with Gasteiger partial charge in [0.15, 0.2) is 5.82 Å². The van der Waals surface area contributed by atoms with E-state index >= 15 is 0 Å². The normalized spacial score (nSPS) is 9.39. The Morgan fingerprint density at radius 1 is 1.44 bits per heavy atom. The second-order valence-corrected chi connectivity index (χ2v) is 4.32. The van der Waals surface area contributed by atoms with Gasteiger partial charge in [-0.1, -0.05) is 11.8 Å². The number of hydrogen-bond acceptors (Lipinski definition) is 5. The molecule has 0 aromatic carbocycles. The summed E-state index contributed by atoms with van der Waals surface area (Å²) in [5.41, 5.74) is 5.28. The van der Waals surface area contributed by atoms with Crippen molar-refractivity contribution < 1.29 is 4.79 Å². The molecule has 18 heavy (non-hydrogen) atoms. The van der Waals surface area contributed by atoms with Crippen LogP contribution in [-0.2, 0) is 0 Å². The van der Waals surface area contributed by atoms with Gasteiger partial charge in [0.25, 0.3) is 5.91 Å². The van der Waals surface area contributed by atoms with Crippen molar-refractivity contribution in [1.29, 1.82) is 0 Å². The topological polar surface area (TPSA) is 80.9 Å². The fraction of sp³-hybridized carbons (Fsp3) is 0.0833. The maximum atomic E-state index is 11.9. The first-order valence-electron chi connectivity index (χ1n) is 5.17. The number of anilines is 1. The highest BCUT2D eigenvalue weighted by Crippen LogP contribution is 2.16. The SMILES string of the molecule is NCC#Cc1ccc(C(=O)Nc2cccnn2)s1. The Bertz CT molecular complexity index is 597. The number of thiophene rings is 1. The van der Waals surface area contributed by atoms with Crippen LogP contribution in [0.15, 0.2) is 30.5 Å². The number of amides is 1. The molecular formula is C12H10N4OS. The summed E-state index contributed by atoms with van der Waals surface area (Å²) in [7, 11) is 0. The molecule has 0 aliphatic carbocycles. The predicted octanol–water partition coefficient (Wildman–Crippen LogP) is 1.10. The number of aromatic nitrogens is 2. The van der Waals surface area contributed by atoms with Gasteiger partial charge >= 0.3 is 0 Å². The van der Waals surface area contributed by atoms with Gasteiger partial charge in [-0.2, -0.15) is 5.10 Å². The maximum Gasteiger partial charge on any atom is 0.266 e. The van der Waals surface area contributed by atoms with Crippen LogP contribution < -0.4 is 11.1 Å². The Morgan fingerprint density at radius 2 is 2.33 bits per heavy atom. The van der Waals surface area contributed by atoms with E-state index in [1.54, 1.807) is 30.5 Å². The predicted molar refractivity (Wildman–Crippen MR) is 70.2 cm³/mol. The Hall–Kier alpha value is -2.23. The molecule has 2 heterocycles. The first-order valence-corrected chi connectivity index (χ1v) is 5.99. The molecule has 0 saturated heterocycles. The molecule has 0 radical (unpaired) electrons. The molecule has 3 N–H and O–H groups in total. The molecule has 2 aromatic heterocycles. The maximum absolute atomic E-state index is 11.9. The molecule has 2 aromatic rings. The molecule has 0 spiro atoms. The van der Waals surface area contributed by atoms with Crippen LogP contribution in [0.4, 0.5) is 5.82 Å². The van der Waals surface area contributed by atoms with Gasteiger partial charge in [0, 0.05) is 6.20 Å². The quantitative estimate of drug-likeness (QED) is 0.790. The molecule has 0 fully saturated rings. The molecular weight excluding hydrogens is 248 g/mol. The summed E-state index contributed by atoms with van der Waals surface area (Å²) in [6, 6.07) is 6.89. The first-order chi connectivity index (χ1) is 8.79.